The van der Waals surface area contributed by atoms with E-state index in [1.807, 2.05) is 13.8 Å². The topological polar surface area (TPSA) is 57.5 Å². The SMILES string of the molecule is CC(C)C(=O)CC[C@@H](C)[C@H]1CC[C@H]2[C@@H]3C[C@H](O)[C@@H]4C[C@H](O)CC[C@]4(C)[C@H]3CC[C@]12C. The van der Waals surface area contributed by atoms with Gasteiger partial charge in [-0.15, -0.1) is 0 Å². The largest absolute Gasteiger partial charge is 0.393 e. The van der Waals surface area contributed by atoms with Crippen LogP contribution >= 0.6 is 0 Å². The third kappa shape index (κ3) is 3.60. The Labute approximate surface area is 184 Å². The fourth-order valence-corrected chi connectivity index (χ4v) is 9.11. The molecule has 4 fully saturated rings. The number of rotatable bonds is 5. The Balaban J connectivity index is 1.50. The predicted molar refractivity (Wildman–Crippen MR) is 121 cm³/mol. The number of aliphatic hydroxyl groups excluding tert-OH is 2. The van der Waals surface area contributed by atoms with Crippen LogP contribution in [0.5, 0.6) is 0 Å². The van der Waals surface area contributed by atoms with Crippen molar-refractivity contribution in [2.45, 2.75) is 111 Å². The molecule has 0 aromatic carbocycles. The number of hydrogen-bond donors (Lipinski definition) is 2. The zero-order chi connectivity index (χ0) is 21.8. The normalized spacial score (nSPS) is 49.3. The molecule has 0 saturated heterocycles. The molecule has 0 radical (unpaired) electrons. The maximum Gasteiger partial charge on any atom is 0.135 e. The van der Waals surface area contributed by atoms with Crippen LogP contribution < -0.4 is 0 Å². The van der Waals surface area contributed by atoms with E-state index >= 15 is 0 Å². The first-order valence-electron chi connectivity index (χ1n) is 13.0. The third-order valence-electron chi connectivity index (χ3n) is 10.9. The van der Waals surface area contributed by atoms with E-state index < -0.39 is 0 Å². The van der Waals surface area contributed by atoms with E-state index in [1.165, 1.54) is 25.7 Å². The minimum Gasteiger partial charge on any atom is -0.393 e. The lowest BCUT2D eigenvalue weighted by atomic mass is 9.44. The van der Waals surface area contributed by atoms with Gasteiger partial charge in [0, 0.05) is 12.3 Å². The van der Waals surface area contributed by atoms with Crippen LogP contribution in [0.25, 0.3) is 0 Å². The molecule has 172 valence electrons. The fraction of sp³-hybridized carbons (Fsp3) is 0.963. The number of fused-ring (bicyclic) bond motifs is 5. The highest BCUT2D eigenvalue weighted by Gasteiger charge is 2.62. The molecule has 10 atom stereocenters. The van der Waals surface area contributed by atoms with Gasteiger partial charge < -0.3 is 10.2 Å². The molecular weight excluding hydrogens is 372 g/mol. The van der Waals surface area contributed by atoms with Gasteiger partial charge in [-0.25, -0.2) is 0 Å². The first-order chi connectivity index (χ1) is 14.1. The van der Waals surface area contributed by atoms with Crippen LogP contribution in [0.15, 0.2) is 0 Å². The zero-order valence-electron chi connectivity index (χ0n) is 20.1. The summed E-state index contributed by atoms with van der Waals surface area (Å²) >= 11 is 0. The molecule has 3 nitrogen and oxygen atoms in total. The second-order valence-electron chi connectivity index (χ2n) is 12.6. The van der Waals surface area contributed by atoms with Crippen LogP contribution in [0.4, 0.5) is 0 Å². The molecule has 4 rings (SSSR count). The molecular formula is C27H46O3. The van der Waals surface area contributed by atoms with E-state index in [0.717, 1.165) is 50.4 Å². The minimum atomic E-state index is -0.242. The van der Waals surface area contributed by atoms with Gasteiger partial charge in [-0.3, -0.25) is 4.79 Å². The van der Waals surface area contributed by atoms with Gasteiger partial charge in [-0.1, -0.05) is 34.6 Å². The van der Waals surface area contributed by atoms with E-state index in [2.05, 4.69) is 20.8 Å². The van der Waals surface area contributed by atoms with Gasteiger partial charge in [-0.2, -0.15) is 0 Å². The minimum absolute atomic E-state index is 0.158. The molecule has 0 heterocycles. The highest BCUT2D eigenvalue weighted by atomic mass is 16.3. The first-order valence-corrected chi connectivity index (χ1v) is 13.0. The summed E-state index contributed by atoms with van der Waals surface area (Å²) in [7, 11) is 0. The Bertz CT molecular complexity index is 644. The van der Waals surface area contributed by atoms with Gasteiger partial charge in [0.1, 0.15) is 5.78 Å². The molecule has 4 saturated carbocycles. The second-order valence-corrected chi connectivity index (χ2v) is 12.6. The smallest absolute Gasteiger partial charge is 0.135 e. The molecule has 0 aromatic rings. The number of Topliss-reactive ketones (excluding diaryl/α,β-unsaturated/α-hetero) is 1. The van der Waals surface area contributed by atoms with Crippen molar-refractivity contribution < 1.29 is 15.0 Å². The Morgan fingerprint density at radius 3 is 2.27 bits per heavy atom. The monoisotopic (exact) mass is 418 g/mol. The Hall–Kier alpha value is -0.410. The fourth-order valence-electron chi connectivity index (χ4n) is 9.11. The average molecular weight is 419 g/mol. The molecule has 30 heavy (non-hydrogen) atoms. The molecule has 0 bridgehead atoms. The molecule has 0 aliphatic heterocycles. The summed E-state index contributed by atoms with van der Waals surface area (Å²) in [5, 5.41) is 21.4. The lowest BCUT2D eigenvalue weighted by Crippen LogP contribution is -2.58. The van der Waals surface area contributed by atoms with Crippen molar-refractivity contribution in [3.05, 3.63) is 0 Å². The molecule has 2 N–H and O–H groups in total. The maximum absolute atomic E-state index is 12.2. The quantitative estimate of drug-likeness (QED) is 0.609. The maximum atomic E-state index is 12.2. The van der Waals surface area contributed by atoms with Crippen LogP contribution in [0.2, 0.25) is 0 Å². The molecule has 3 heteroatoms. The Morgan fingerprint density at radius 1 is 0.900 bits per heavy atom. The van der Waals surface area contributed by atoms with Gasteiger partial charge in [0.15, 0.2) is 0 Å². The van der Waals surface area contributed by atoms with E-state index in [1.54, 1.807) is 0 Å². The van der Waals surface area contributed by atoms with Crippen molar-refractivity contribution in [1.82, 2.24) is 0 Å². The summed E-state index contributed by atoms with van der Waals surface area (Å²) in [6.45, 7) is 11.4. The summed E-state index contributed by atoms with van der Waals surface area (Å²) in [6.07, 6.45) is 10.3. The molecule has 0 unspecified atom stereocenters. The lowest BCUT2D eigenvalue weighted by Gasteiger charge is -2.62. The third-order valence-corrected chi connectivity index (χ3v) is 10.9. The number of carbonyl (C=O) groups excluding carboxylic acids is 1. The second kappa shape index (κ2) is 8.18. The van der Waals surface area contributed by atoms with E-state index in [9.17, 15) is 15.0 Å². The molecule has 0 spiro atoms. The first kappa shape index (κ1) is 22.8. The Morgan fingerprint density at radius 2 is 1.57 bits per heavy atom. The van der Waals surface area contributed by atoms with Crippen LogP contribution in [0.3, 0.4) is 0 Å². The summed E-state index contributed by atoms with van der Waals surface area (Å²) in [5.74, 6) is 4.27. The van der Waals surface area contributed by atoms with Crippen LogP contribution in [0.1, 0.15) is 98.8 Å². The molecule has 0 amide bonds. The Kier molecular flexibility index (Phi) is 6.21. The van der Waals surface area contributed by atoms with Gasteiger partial charge in [0.05, 0.1) is 12.2 Å². The van der Waals surface area contributed by atoms with E-state index in [4.69, 9.17) is 0 Å². The molecule has 4 aliphatic carbocycles. The van der Waals surface area contributed by atoms with E-state index in [-0.39, 0.29) is 29.5 Å². The summed E-state index contributed by atoms with van der Waals surface area (Å²) in [4.78, 5) is 12.2. The van der Waals surface area contributed by atoms with Crippen LogP contribution in [-0.4, -0.2) is 28.2 Å². The highest BCUT2D eigenvalue weighted by Crippen LogP contribution is 2.68. The zero-order valence-corrected chi connectivity index (χ0v) is 20.1. The van der Waals surface area contributed by atoms with Crippen LogP contribution in [-0.2, 0) is 4.79 Å². The van der Waals surface area contributed by atoms with Gasteiger partial charge >= 0.3 is 0 Å². The van der Waals surface area contributed by atoms with Crippen molar-refractivity contribution in [3.8, 4) is 0 Å². The van der Waals surface area contributed by atoms with Gasteiger partial charge in [0.25, 0.3) is 0 Å². The summed E-state index contributed by atoms with van der Waals surface area (Å²) in [5.41, 5.74) is 0.578. The van der Waals surface area contributed by atoms with Crippen molar-refractivity contribution in [1.29, 1.82) is 0 Å². The van der Waals surface area contributed by atoms with Gasteiger partial charge in [-0.05, 0) is 104 Å². The standard InChI is InChI=1S/C27H46O3/c1-16(2)24(29)9-6-17(3)20-7-8-21-19-15-25(30)23-14-18(28)10-12-27(23,5)22(19)11-13-26(20,21)4/h16-23,25,28,30H,6-15H2,1-5H3/t17-,18-,19+,20-,21+,22+,23+,25+,26-,27-/m1/s1. The lowest BCUT2D eigenvalue weighted by molar-refractivity contribution is -0.172. The molecule has 4 aliphatic rings. The highest BCUT2D eigenvalue weighted by molar-refractivity contribution is 5.80. The number of carbonyl (C=O) groups is 1. The number of aliphatic hydroxyl groups is 2. The van der Waals surface area contributed by atoms with Crippen molar-refractivity contribution in [2.75, 3.05) is 0 Å². The summed E-state index contributed by atoms with van der Waals surface area (Å²) < 4.78 is 0. The van der Waals surface area contributed by atoms with Crippen molar-refractivity contribution in [3.63, 3.8) is 0 Å². The van der Waals surface area contributed by atoms with Crippen molar-refractivity contribution >= 4 is 5.78 Å². The van der Waals surface area contributed by atoms with E-state index in [0.29, 0.717) is 29.0 Å². The van der Waals surface area contributed by atoms with Crippen LogP contribution in [0, 0.1) is 52.3 Å². The predicted octanol–water partition coefficient (Wildman–Crippen LogP) is 5.62. The summed E-state index contributed by atoms with van der Waals surface area (Å²) in [6, 6.07) is 0. The number of hydrogen-bond acceptors (Lipinski definition) is 3. The van der Waals surface area contributed by atoms with Gasteiger partial charge in [0.2, 0.25) is 0 Å². The molecule has 0 aromatic heterocycles. The average Bonchev–Trinajstić information content (AvgIpc) is 3.04. The number of ketones is 1. The van der Waals surface area contributed by atoms with Crippen molar-refractivity contribution in [2.24, 2.45) is 52.3 Å².